The molecule has 0 radical (unpaired) electrons. The van der Waals surface area contributed by atoms with Gasteiger partial charge in [0.2, 0.25) is 0 Å². The molecule has 0 heteroatoms. The molecule has 0 atom stereocenters. The molecular weight excluding hydrogens is 649 g/mol. The zero-order chi connectivity index (χ0) is 36.2. The molecule has 1 aliphatic rings. The molecule has 260 valence electrons. The van der Waals surface area contributed by atoms with Gasteiger partial charge >= 0.3 is 0 Å². The van der Waals surface area contributed by atoms with E-state index in [9.17, 15) is 0 Å². The summed E-state index contributed by atoms with van der Waals surface area (Å²) in [5.74, 6) is 0. The van der Waals surface area contributed by atoms with E-state index in [0.29, 0.717) is 0 Å². The molecular formula is C54H44. The van der Waals surface area contributed by atoms with E-state index < -0.39 is 0 Å². The Morgan fingerprint density at radius 3 is 0.778 bits per heavy atom. The van der Waals surface area contributed by atoms with Crippen LogP contribution in [0.4, 0.5) is 0 Å². The van der Waals surface area contributed by atoms with Crippen LogP contribution in [0.15, 0.2) is 206 Å². The first-order valence-corrected chi connectivity index (χ1v) is 19.5. The molecule has 8 aromatic carbocycles. The third kappa shape index (κ3) is 6.84. The Balaban J connectivity index is 1.03. The molecule has 0 amide bonds. The number of benzene rings is 8. The summed E-state index contributed by atoms with van der Waals surface area (Å²) in [4.78, 5) is 0. The van der Waals surface area contributed by atoms with Crippen LogP contribution in [0.2, 0.25) is 0 Å². The van der Waals surface area contributed by atoms with Crippen LogP contribution < -0.4 is 0 Å². The summed E-state index contributed by atoms with van der Waals surface area (Å²) in [6.45, 7) is 0. The maximum Gasteiger partial charge on any atom is 0.0202 e. The van der Waals surface area contributed by atoms with Gasteiger partial charge in [0.25, 0.3) is 0 Å². The molecule has 0 aliphatic heterocycles. The SMILES string of the molecule is c1ccc(-c2ccc(-c3ccc(C4(c5ccc(-c6cc(-c7ccccc7)cc(-c7ccc(-c8ccccc8)cc7)c6)cc5)CCCCC4)cc3)cc2)cc1. The van der Waals surface area contributed by atoms with Crippen LogP contribution >= 0.6 is 0 Å². The number of hydrogen-bond acceptors (Lipinski definition) is 0. The highest BCUT2D eigenvalue weighted by Gasteiger charge is 2.35. The van der Waals surface area contributed by atoms with Gasteiger partial charge in [-0.05, 0) is 109 Å². The molecule has 54 heavy (non-hydrogen) atoms. The first-order valence-electron chi connectivity index (χ1n) is 19.5. The van der Waals surface area contributed by atoms with Crippen molar-refractivity contribution in [3.05, 3.63) is 217 Å². The van der Waals surface area contributed by atoms with Crippen LogP contribution in [0.25, 0.3) is 66.8 Å². The Bertz CT molecular complexity index is 2430. The zero-order valence-electron chi connectivity index (χ0n) is 30.7. The number of hydrogen-bond donors (Lipinski definition) is 0. The second-order valence-corrected chi connectivity index (χ2v) is 14.8. The van der Waals surface area contributed by atoms with E-state index in [0.717, 1.165) is 0 Å². The Morgan fingerprint density at radius 2 is 0.463 bits per heavy atom. The van der Waals surface area contributed by atoms with Gasteiger partial charge in [0.1, 0.15) is 0 Å². The van der Waals surface area contributed by atoms with Gasteiger partial charge in [-0.1, -0.05) is 207 Å². The van der Waals surface area contributed by atoms with E-state index in [-0.39, 0.29) is 5.41 Å². The quantitative estimate of drug-likeness (QED) is 0.149. The van der Waals surface area contributed by atoms with Crippen molar-refractivity contribution in [3.63, 3.8) is 0 Å². The Morgan fingerprint density at radius 1 is 0.222 bits per heavy atom. The molecule has 0 bridgehead atoms. The summed E-state index contributed by atoms with van der Waals surface area (Å²) in [5, 5.41) is 0. The van der Waals surface area contributed by atoms with E-state index >= 15 is 0 Å². The highest BCUT2D eigenvalue weighted by atomic mass is 14.4. The van der Waals surface area contributed by atoms with Crippen LogP contribution in [0, 0.1) is 0 Å². The Kier molecular flexibility index (Phi) is 9.34. The minimum absolute atomic E-state index is 0.0318. The van der Waals surface area contributed by atoms with Gasteiger partial charge in [-0.15, -0.1) is 0 Å². The van der Waals surface area contributed by atoms with E-state index in [1.807, 2.05) is 0 Å². The molecule has 0 spiro atoms. The van der Waals surface area contributed by atoms with Gasteiger partial charge in [0.05, 0.1) is 0 Å². The molecule has 0 heterocycles. The fourth-order valence-electron chi connectivity index (χ4n) is 8.59. The van der Waals surface area contributed by atoms with E-state index in [2.05, 4.69) is 206 Å². The van der Waals surface area contributed by atoms with Crippen molar-refractivity contribution in [1.82, 2.24) is 0 Å². The summed E-state index contributed by atoms with van der Waals surface area (Å²) in [6.07, 6.45) is 6.20. The minimum Gasteiger partial charge on any atom is -0.0622 e. The van der Waals surface area contributed by atoms with Gasteiger partial charge < -0.3 is 0 Å². The maximum absolute atomic E-state index is 2.42. The third-order valence-electron chi connectivity index (χ3n) is 11.6. The van der Waals surface area contributed by atoms with Gasteiger partial charge in [-0.25, -0.2) is 0 Å². The van der Waals surface area contributed by atoms with E-state index in [1.54, 1.807) is 0 Å². The minimum atomic E-state index is 0.0318. The summed E-state index contributed by atoms with van der Waals surface area (Å²) in [7, 11) is 0. The highest BCUT2D eigenvalue weighted by molar-refractivity contribution is 5.82. The Hall–Kier alpha value is -6.24. The second-order valence-electron chi connectivity index (χ2n) is 14.8. The molecule has 0 nitrogen and oxygen atoms in total. The fraction of sp³-hybridized carbons (Fsp3) is 0.111. The van der Waals surface area contributed by atoms with E-state index in [4.69, 9.17) is 0 Å². The lowest BCUT2D eigenvalue weighted by Crippen LogP contribution is -2.30. The first kappa shape index (κ1) is 33.6. The average molecular weight is 693 g/mol. The summed E-state index contributed by atoms with van der Waals surface area (Å²) in [5.41, 5.74) is 17.8. The molecule has 1 saturated carbocycles. The van der Waals surface area contributed by atoms with Gasteiger partial charge in [-0.3, -0.25) is 0 Å². The maximum atomic E-state index is 2.42. The lowest BCUT2D eigenvalue weighted by atomic mass is 9.65. The standard InChI is InChI=1S/C54H44/c1-5-13-40(14-6-1)43-19-21-45(22-20-43)46-27-31-52(32-28-46)54(35-11-4-12-36-54)53-33-29-48(30-34-53)51-38-49(42-17-9-3-10-18-42)37-50(39-51)47-25-23-44(24-26-47)41-15-7-2-8-16-41/h1-3,5-10,13-34,37-39H,4,11-12,35-36H2. The van der Waals surface area contributed by atoms with Crippen molar-refractivity contribution in [1.29, 1.82) is 0 Å². The van der Waals surface area contributed by atoms with Crippen molar-refractivity contribution in [2.75, 3.05) is 0 Å². The van der Waals surface area contributed by atoms with Gasteiger partial charge in [0.15, 0.2) is 0 Å². The normalized spacial score (nSPS) is 13.7. The lowest BCUT2D eigenvalue weighted by molar-refractivity contribution is 0.346. The van der Waals surface area contributed by atoms with Crippen molar-refractivity contribution in [3.8, 4) is 66.8 Å². The lowest BCUT2D eigenvalue weighted by Gasteiger charge is -2.39. The average Bonchev–Trinajstić information content (AvgIpc) is 3.27. The smallest absolute Gasteiger partial charge is 0.0202 e. The zero-order valence-corrected chi connectivity index (χ0v) is 30.7. The molecule has 1 fully saturated rings. The van der Waals surface area contributed by atoms with Crippen molar-refractivity contribution >= 4 is 0 Å². The predicted octanol–water partition coefficient (Wildman–Crippen LogP) is 14.9. The molecule has 9 rings (SSSR count). The topological polar surface area (TPSA) is 0 Å². The molecule has 8 aromatic rings. The van der Waals surface area contributed by atoms with Crippen LogP contribution in [0.5, 0.6) is 0 Å². The molecule has 0 unspecified atom stereocenters. The third-order valence-corrected chi connectivity index (χ3v) is 11.6. The van der Waals surface area contributed by atoms with Crippen LogP contribution in [0.1, 0.15) is 43.2 Å². The van der Waals surface area contributed by atoms with Gasteiger partial charge in [-0.2, -0.15) is 0 Å². The summed E-state index contributed by atoms with van der Waals surface area (Å²) in [6, 6.07) is 76.1. The van der Waals surface area contributed by atoms with Crippen molar-refractivity contribution in [2.45, 2.75) is 37.5 Å². The first-order chi connectivity index (χ1) is 26.7. The highest BCUT2D eigenvalue weighted by Crippen LogP contribution is 2.46. The second kappa shape index (κ2) is 15.0. The molecule has 1 aliphatic carbocycles. The summed E-state index contributed by atoms with van der Waals surface area (Å²) < 4.78 is 0. The van der Waals surface area contributed by atoms with Gasteiger partial charge in [0, 0.05) is 5.41 Å². The fourth-order valence-corrected chi connectivity index (χ4v) is 8.59. The van der Waals surface area contributed by atoms with Crippen LogP contribution in [0.3, 0.4) is 0 Å². The monoisotopic (exact) mass is 692 g/mol. The largest absolute Gasteiger partial charge is 0.0622 e. The van der Waals surface area contributed by atoms with Crippen LogP contribution in [-0.4, -0.2) is 0 Å². The van der Waals surface area contributed by atoms with Crippen molar-refractivity contribution in [2.24, 2.45) is 0 Å². The van der Waals surface area contributed by atoms with E-state index in [1.165, 1.54) is 110 Å². The molecule has 0 N–H and O–H groups in total. The number of rotatable bonds is 8. The van der Waals surface area contributed by atoms with Crippen molar-refractivity contribution < 1.29 is 0 Å². The Labute approximate surface area is 320 Å². The predicted molar refractivity (Wildman–Crippen MR) is 229 cm³/mol. The molecule has 0 aromatic heterocycles. The molecule has 0 saturated heterocycles. The van der Waals surface area contributed by atoms with Crippen LogP contribution in [-0.2, 0) is 5.41 Å². The summed E-state index contributed by atoms with van der Waals surface area (Å²) >= 11 is 0.